The summed E-state index contributed by atoms with van der Waals surface area (Å²) in [5.41, 5.74) is 5.47. The fourth-order valence-corrected chi connectivity index (χ4v) is 3.05. The van der Waals surface area contributed by atoms with Crippen LogP contribution in [0.4, 0.5) is 0 Å². The van der Waals surface area contributed by atoms with Crippen molar-refractivity contribution in [2.75, 3.05) is 13.7 Å². The monoisotopic (exact) mass is 366 g/mol. The van der Waals surface area contributed by atoms with Gasteiger partial charge in [0, 0.05) is 0 Å². The van der Waals surface area contributed by atoms with Crippen LogP contribution in [0.5, 0.6) is 11.5 Å². The molecule has 0 amide bonds. The van der Waals surface area contributed by atoms with E-state index in [4.69, 9.17) is 9.47 Å². The van der Waals surface area contributed by atoms with Crippen molar-refractivity contribution in [1.82, 2.24) is 9.55 Å². The smallest absolute Gasteiger partial charge is 0.161 e. The van der Waals surface area contributed by atoms with Crippen molar-refractivity contribution in [3.63, 3.8) is 0 Å². The van der Waals surface area contributed by atoms with Crippen molar-refractivity contribution >= 4 is 11.0 Å². The number of aliphatic hydroxyl groups excluding tert-OH is 1. The molecular formula is C22H26N2O3. The minimum absolute atomic E-state index is 0.168. The Bertz CT molecular complexity index is 946. The molecule has 0 radical (unpaired) electrons. The predicted octanol–water partition coefficient (Wildman–Crippen LogP) is 3.83. The average molecular weight is 366 g/mol. The Morgan fingerprint density at radius 1 is 1.19 bits per heavy atom. The second-order valence-corrected chi connectivity index (χ2v) is 6.76. The van der Waals surface area contributed by atoms with Gasteiger partial charge in [-0.05, 0) is 61.2 Å². The fraction of sp³-hybridized carbons (Fsp3) is 0.318. The van der Waals surface area contributed by atoms with Crippen LogP contribution in [-0.2, 0) is 13.0 Å². The van der Waals surface area contributed by atoms with Gasteiger partial charge in [-0.15, -0.1) is 6.58 Å². The number of benzene rings is 2. The first-order valence-corrected chi connectivity index (χ1v) is 9.02. The first-order valence-electron chi connectivity index (χ1n) is 9.02. The number of ether oxygens (including phenoxy) is 2. The van der Waals surface area contributed by atoms with Gasteiger partial charge < -0.3 is 19.1 Å². The molecule has 0 aliphatic carbocycles. The summed E-state index contributed by atoms with van der Waals surface area (Å²) >= 11 is 0. The Kier molecular flexibility index (Phi) is 5.81. The van der Waals surface area contributed by atoms with E-state index in [-0.39, 0.29) is 6.61 Å². The molecule has 1 heterocycles. The molecule has 142 valence electrons. The SMILES string of the molecule is C=CCc1ccc(OC[C@H](O)Cn2cnc3cc(C)c(C)cc32)c(OC)c1. The van der Waals surface area contributed by atoms with E-state index < -0.39 is 6.10 Å². The molecule has 27 heavy (non-hydrogen) atoms. The van der Waals surface area contributed by atoms with Crippen LogP contribution < -0.4 is 9.47 Å². The largest absolute Gasteiger partial charge is 0.493 e. The number of aryl methyl sites for hydroxylation is 2. The van der Waals surface area contributed by atoms with Gasteiger partial charge in [0.2, 0.25) is 0 Å². The zero-order valence-electron chi connectivity index (χ0n) is 16.1. The van der Waals surface area contributed by atoms with Crippen molar-refractivity contribution in [2.24, 2.45) is 0 Å². The summed E-state index contributed by atoms with van der Waals surface area (Å²) in [6.45, 7) is 8.48. The highest BCUT2D eigenvalue weighted by Gasteiger charge is 2.12. The quantitative estimate of drug-likeness (QED) is 0.616. The number of hydrogen-bond acceptors (Lipinski definition) is 4. The van der Waals surface area contributed by atoms with E-state index in [1.807, 2.05) is 28.8 Å². The summed E-state index contributed by atoms with van der Waals surface area (Å²) in [5.74, 6) is 1.27. The lowest BCUT2D eigenvalue weighted by Gasteiger charge is -2.16. The van der Waals surface area contributed by atoms with Gasteiger partial charge in [0.05, 0.1) is 31.0 Å². The number of imidazole rings is 1. The van der Waals surface area contributed by atoms with Crippen LogP contribution in [0.2, 0.25) is 0 Å². The van der Waals surface area contributed by atoms with Gasteiger partial charge in [0.25, 0.3) is 0 Å². The van der Waals surface area contributed by atoms with Crippen LogP contribution in [0, 0.1) is 13.8 Å². The lowest BCUT2D eigenvalue weighted by molar-refractivity contribution is 0.0919. The van der Waals surface area contributed by atoms with E-state index in [1.54, 1.807) is 13.4 Å². The van der Waals surface area contributed by atoms with Crippen molar-refractivity contribution < 1.29 is 14.6 Å². The van der Waals surface area contributed by atoms with Crippen LogP contribution in [-0.4, -0.2) is 34.5 Å². The third-order valence-corrected chi connectivity index (χ3v) is 4.68. The molecule has 1 aromatic heterocycles. The van der Waals surface area contributed by atoms with E-state index in [9.17, 15) is 5.11 Å². The van der Waals surface area contributed by atoms with Crippen LogP contribution in [0.15, 0.2) is 49.3 Å². The van der Waals surface area contributed by atoms with Crippen molar-refractivity contribution in [3.05, 3.63) is 66.0 Å². The van der Waals surface area contributed by atoms with Gasteiger partial charge >= 0.3 is 0 Å². The molecule has 3 rings (SSSR count). The second-order valence-electron chi connectivity index (χ2n) is 6.76. The van der Waals surface area contributed by atoms with E-state index in [0.717, 1.165) is 23.0 Å². The molecule has 0 aliphatic rings. The highest BCUT2D eigenvalue weighted by Crippen LogP contribution is 2.28. The number of rotatable bonds is 8. The highest BCUT2D eigenvalue weighted by atomic mass is 16.5. The highest BCUT2D eigenvalue weighted by molar-refractivity contribution is 5.77. The lowest BCUT2D eigenvalue weighted by Crippen LogP contribution is -2.23. The molecule has 5 heteroatoms. The normalized spacial score (nSPS) is 12.1. The average Bonchev–Trinajstić information content (AvgIpc) is 3.02. The van der Waals surface area contributed by atoms with Gasteiger partial charge in [-0.3, -0.25) is 0 Å². The van der Waals surface area contributed by atoms with Crippen molar-refractivity contribution in [1.29, 1.82) is 0 Å². The third-order valence-electron chi connectivity index (χ3n) is 4.68. The molecule has 0 aliphatic heterocycles. The summed E-state index contributed by atoms with van der Waals surface area (Å²) in [6, 6.07) is 9.94. The van der Waals surface area contributed by atoms with Gasteiger partial charge in [0.15, 0.2) is 11.5 Å². The van der Waals surface area contributed by atoms with Crippen molar-refractivity contribution in [2.45, 2.75) is 32.9 Å². The number of aromatic nitrogens is 2. The molecule has 1 N–H and O–H groups in total. The molecule has 5 nitrogen and oxygen atoms in total. The summed E-state index contributed by atoms with van der Waals surface area (Å²) < 4.78 is 13.1. The minimum atomic E-state index is -0.665. The molecule has 0 saturated heterocycles. The van der Waals surface area contributed by atoms with Crippen molar-refractivity contribution in [3.8, 4) is 11.5 Å². The molecule has 2 aromatic carbocycles. The van der Waals surface area contributed by atoms with Gasteiger partial charge in [-0.1, -0.05) is 12.1 Å². The zero-order chi connectivity index (χ0) is 19.4. The summed E-state index contributed by atoms with van der Waals surface area (Å²) in [4.78, 5) is 4.43. The number of nitrogens with zero attached hydrogens (tertiary/aromatic N) is 2. The number of fused-ring (bicyclic) bond motifs is 1. The maximum Gasteiger partial charge on any atom is 0.161 e. The topological polar surface area (TPSA) is 56.5 Å². The molecule has 0 fully saturated rings. The van der Waals surface area contributed by atoms with Crippen LogP contribution >= 0.6 is 0 Å². The van der Waals surface area contributed by atoms with E-state index >= 15 is 0 Å². The first kappa shape index (κ1) is 19.0. The van der Waals surface area contributed by atoms with Gasteiger partial charge in [-0.2, -0.15) is 0 Å². The van der Waals surface area contributed by atoms with Crippen LogP contribution in [0.1, 0.15) is 16.7 Å². The van der Waals surface area contributed by atoms with Crippen LogP contribution in [0.3, 0.4) is 0 Å². The summed E-state index contributed by atoms with van der Waals surface area (Å²) in [7, 11) is 1.61. The van der Waals surface area contributed by atoms with E-state index in [2.05, 4.69) is 37.5 Å². The predicted molar refractivity (Wildman–Crippen MR) is 108 cm³/mol. The Balaban J connectivity index is 1.67. The molecule has 0 bridgehead atoms. The van der Waals surface area contributed by atoms with E-state index in [1.165, 1.54) is 11.1 Å². The Labute approximate surface area is 159 Å². The maximum atomic E-state index is 10.4. The number of allylic oxidation sites excluding steroid dienone is 1. The summed E-state index contributed by atoms with van der Waals surface area (Å²) in [6.07, 6.45) is 3.71. The minimum Gasteiger partial charge on any atom is -0.493 e. The maximum absolute atomic E-state index is 10.4. The van der Waals surface area contributed by atoms with Gasteiger partial charge in [0.1, 0.15) is 12.7 Å². The Morgan fingerprint density at radius 2 is 1.96 bits per heavy atom. The Hall–Kier alpha value is -2.79. The molecule has 0 unspecified atom stereocenters. The second kappa shape index (κ2) is 8.27. The fourth-order valence-electron chi connectivity index (χ4n) is 3.05. The number of hydrogen-bond donors (Lipinski definition) is 1. The standard InChI is InChI=1S/C22H26N2O3/c1-5-6-17-7-8-21(22(11-17)26-4)27-13-18(25)12-24-14-23-19-9-15(2)16(3)10-20(19)24/h5,7-11,14,18,25H,1,6,12-13H2,2-4H3/t18-/m1/s1. The summed E-state index contributed by atoms with van der Waals surface area (Å²) in [5, 5.41) is 10.4. The van der Waals surface area contributed by atoms with Gasteiger partial charge in [-0.25, -0.2) is 4.98 Å². The Morgan fingerprint density at radius 3 is 2.70 bits per heavy atom. The number of aliphatic hydroxyl groups is 1. The van der Waals surface area contributed by atoms with E-state index in [0.29, 0.717) is 18.0 Å². The first-order chi connectivity index (χ1) is 13.0. The number of methoxy groups -OCH3 is 1. The molecule has 1 atom stereocenters. The molecule has 0 spiro atoms. The molecule has 0 saturated carbocycles. The zero-order valence-corrected chi connectivity index (χ0v) is 16.1. The molecule has 3 aromatic rings. The third kappa shape index (κ3) is 4.31. The molecular weight excluding hydrogens is 340 g/mol. The van der Waals surface area contributed by atoms with Crippen LogP contribution in [0.25, 0.3) is 11.0 Å². The lowest BCUT2D eigenvalue weighted by atomic mass is 10.1.